The minimum Gasteiger partial charge on any atom is -0.480 e. The molecule has 9 nitrogen and oxygen atoms in total. The first kappa shape index (κ1) is 24.0. The van der Waals surface area contributed by atoms with Gasteiger partial charge in [-0.05, 0) is 43.0 Å². The third-order valence-electron chi connectivity index (χ3n) is 5.69. The predicted molar refractivity (Wildman–Crippen MR) is 127 cm³/mol. The quantitative estimate of drug-likeness (QED) is 0.532. The molecule has 35 heavy (non-hydrogen) atoms. The molecule has 0 saturated carbocycles. The second kappa shape index (κ2) is 9.61. The first-order chi connectivity index (χ1) is 16.7. The first-order valence-electron chi connectivity index (χ1n) is 11.2. The lowest BCUT2D eigenvalue weighted by Gasteiger charge is -2.29. The van der Waals surface area contributed by atoms with E-state index in [4.69, 9.17) is 9.47 Å². The van der Waals surface area contributed by atoms with Gasteiger partial charge in [0.2, 0.25) is 0 Å². The molecule has 182 valence electrons. The molecule has 3 aromatic rings. The Morgan fingerprint density at radius 3 is 2.14 bits per heavy atom. The van der Waals surface area contributed by atoms with Crippen molar-refractivity contribution in [3.05, 3.63) is 77.9 Å². The number of carboxylic acids is 1. The molecule has 1 aliphatic carbocycles. The standard InChI is InChI=1S/C26H27N3O6/c1-26(2,3)35-25(33)29(22(23(30)31)12-16-13-27-15-28-16)24(32)34-14-21-19-10-6-4-8-17(19)18-9-5-7-11-20(18)21/h4-11,13,15,21-22H,12,14H2,1-3H3,(H,27,28)(H,30,31)/t22-/m0/s1. The minimum absolute atomic E-state index is 0.0669. The number of carbonyl (C=O) groups is 3. The Balaban J connectivity index is 1.60. The molecule has 0 fully saturated rings. The Bertz CT molecular complexity index is 1190. The number of aliphatic carboxylic acids is 1. The van der Waals surface area contributed by atoms with E-state index in [0.29, 0.717) is 10.6 Å². The summed E-state index contributed by atoms with van der Waals surface area (Å²) in [7, 11) is 0. The van der Waals surface area contributed by atoms with Gasteiger partial charge in [0, 0.05) is 24.2 Å². The van der Waals surface area contributed by atoms with Gasteiger partial charge in [0.05, 0.1) is 6.33 Å². The zero-order chi connectivity index (χ0) is 25.2. The fourth-order valence-corrected chi connectivity index (χ4v) is 4.20. The van der Waals surface area contributed by atoms with E-state index in [0.717, 1.165) is 22.3 Å². The molecule has 1 aromatic heterocycles. The van der Waals surface area contributed by atoms with E-state index in [1.165, 1.54) is 12.5 Å². The second-order valence-electron chi connectivity index (χ2n) is 9.29. The van der Waals surface area contributed by atoms with E-state index in [1.807, 2.05) is 48.5 Å². The largest absolute Gasteiger partial charge is 0.480 e. The third-order valence-corrected chi connectivity index (χ3v) is 5.69. The maximum atomic E-state index is 13.2. The number of imidazole rings is 1. The molecule has 2 aromatic carbocycles. The monoisotopic (exact) mass is 477 g/mol. The zero-order valence-corrected chi connectivity index (χ0v) is 19.7. The molecule has 2 N–H and O–H groups in total. The van der Waals surface area contributed by atoms with E-state index in [1.54, 1.807) is 20.8 Å². The number of carboxylic acid groups (broad SMARTS) is 1. The van der Waals surface area contributed by atoms with Crippen LogP contribution in [0.4, 0.5) is 9.59 Å². The van der Waals surface area contributed by atoms with Crippen molar-refractivity contribution in [2.45, 2.75) is 44.8 Å². The number of amides is 2. The number of hydrogen-bond acceptors (Lipinski definition) is 6. The average molecular weight is 478 g/mol. The van der Waals surface area contributed by atoms with Gasteiger partial charge >= 0.3 is 18.2 Å². The maximum absolute atomic E-state index is 13.2. The molecule has 2 amide bonds. The van der Waals surface area contributed by atoms with Gasteiger partial charge in [-0.25, -0.2) is 19.4 Å². The van der Waals surface area contributed by atoms with Crippen LogP contribution in [0.1, 0.15) is 43.5 Å². The minimum atomic E-state index is -1.55. The molecule has 0 unspecified atom stereocenters. The third kappa shape index (κ3) is 5.18. The van der Waals surface area contributed by atoms with E-state index in [9.17, 15) is 19.5 Å². The number of ether oxygens (including phenoxy) is 2. The summed E-state index contributed by atoms with van der Waals surface area (Å²) in [6.45, 7) is 4.82. The predicted octanol–water partition coefficient (Wildman–Crippen LogP) is 4.59. The van der Waals surface area contributed by atoms with Crippen molar-refractivity contribution in [2.75, 3.05) is 6.61 Å². The van der Waals surface area contributed by atoms with Crippen molar-refractivity contribution < 1.29 is 29.0 Å². The highest BCUT2D eigenvalue weighted by Gasteiger charge is 2.40. The van der Waals surface area contributed by atoms with Crippen LogP contribution in [-0.4, -0.2) is 56.4 Å². The van der Waals surface area contributed by atoms with Crippen LogP contribution >= 0.6 is 0 Å². The van der Waals surface area contributed by atoms with Crippen molar-refractivity contribution >= 4 is 18.2 Å². The lowest BCUT2D eigenvalue weighted by Crippen LogP contribution is -2.51. The Morgan fingerprint density at radius 1 is 1.03 bits per heavy atom. The van der Waals surface area contributed by atoms with Crippen molar-refractivity contribution in [1.82, 2.24) is 14.9 Å². The Hall–Kier alpha value is -4.14. The Labute approximate surface area is 202 Å². The zero-order valence-electron chi connectivity index (χ0n) is 19.7. The fourth-order valence-electron chi connectivity index (χ4n) is 4.20. The molecule has 9 heteroatoms. The molecule has 0 spiro atoms. The molecule has 1 atom stereocenters. The molecule has 4 rings (SSSR count). The van der Waals surface area contributed by atoms with E-state index >= 15 is 0 Å². The van der Waals surface area contributed by atoms with Crippen LogP contribution in [0.3, 0.4) is 0 Å². The lowest BCUT2D eigenvalue weighted by atomic mass is 9.98. The average Bonchev–Trinajstić information content (AvgIpc) is 3.42. The van der Waals surface area contributed by atoms with Crippen LogP contribution in [0.2, 0.25) is 0 Å². The lowest BCUT2D eigenvalue weighted by molar-refractivity contribution is -0.142. The number of nitrogens with zero attached hydrogens (tertiary/aromatic N) is 2. The number of hydrogen-bond donors (Lipinski definition) is 2. The molecular weight excluding hydrogens is 450 g/mol. The number of nitrogens with one attached hydrogen (secondary N) is 1. The van der Waals surface area contributed by atoms with Crippen LogP contribution in [0, 0.1) is 0 Å². The number of rotatable bonds is 6. The number of H-pyrrole nitrogens is 1. The van der Waals surface area contributed by atoms with Crippen molar-refractivity contribution in [3.63, 3.8) is 0 Å². The molecule has 0 aliphatic heterocycles. The first-order valence-corrected chi connectivity index (χ1v) is 11.2. The van der Waals surface area contributed by atoms with Crippen molar-refractivity contribution in [1.29, 1.82) is 0 Å². The van der Waals surface area contributed by atoms with Gasteiger partial charge in [-0.1, -0.05) is 48.5 Å². The topological polar surface area (TPSA) is 122 Å². The van der Waals surface area contributed by atoms with Gasteiger partial charge < -0.3 is 19.6 Å². The van der Waals surface area contributed by atoms with Crippen LogP contribution < -0.4 is 0 Å². The highest BCUT2D eigenvalue weighted by molar-refractivity contribution is 5.93. The Morgan fingerprint density at radius 2 is 1.63 bits per heavy atom. The number of aromatic amines is 1. The maximum Gasteiger partial charge on any atom is 0.420 e. The molecular formula is C26H27N3O6. The number of imide groups is 1. The SMILES string of the molecule is CC(C)(C)OC(=O)N(C(=O)OCC1c2ccccc2-c2ccccc21)[C@@H](Cc1cnc[nH]1)C(=O)O. The summed E-state index contributed by atoms with van der Waals surface area (Å²) >= 11 is 0. The number of fused-ring (bicyclic) bond motifs is 3. The highest BCUT2D eigenvalue weighted by atomic mass is 16.6. The van der Waals surface area contributed by atoms with E-state index in [-0.39, 0.29) is 18.9 Å². The van der Waals surface area contributed by atoms with Crippen molar-refractivity contribution in [3.8, 4) is 11.1 Å². The molecule has 0 radical (unpaired) electrons. The van der Waals surface area contributed by atoms with Gasteiger partial charge in [0.1, 0.15) is 18.2 Å². The van der Waals surface area contributed by atoms with Gasteiger partial charge in [0.25, 0.3) is 0 Å². The molecule has 1 heterocycles. The number of carbonyl (C=O) groups excluding carboxylic acids is 2. The van der Waals surface area contributed by atoms with Crippen LogP contribution in [0.15, 0.2) is 61.1 Å². The summed E-state index contributed by atoms with van der Waals surface area (Å²) in [5.41, 5.74) is 3.59. The molecule has 0 bridgehead atoms. The summed E-state index contributed by atoms with van der Waals surface area (Å²) < 4.78 is 10.9. The van der Waals surface area contributed by atoms with Gasteiger partial charge in [0.15, 0.2) is 0 Å². The number of benzene rings is 2. The summed E-state index contributed by atoms with van der Waals surface area (Å²) in [5.74, 6) is -1.62. The number of aromatic nitrogens is 2. The molecule has 1 aliphatic rings. The highest BCUT2D eigenvalue weighted by Crippen LogP contribution is 2.44. The van der Waals surface area contributed by atoms with Crippen LogP contribution in [0.25, 0.3) is 11.1 Å². The van der Waals surface area contributed by atoms with Gasteiger partial charge in [-0.3, -0.25) is 0 Å². The van der Waals surface area contributed by atoms with Gasteiger partial charge in [-0.2, -0.15) is 4.90 Å². The summed E-state index contributed by atoms with van der Waals surface area (Å²) in [6, 6.07) is 14.1. The normalized spacial score (nSPS) is 13.5. The van der Waals surface area contributed by atoms with Crippen LogP contribution in [0.5, 0.6) is 0 Å². The molecule has 0 saturated heterocycles. The summed E-state index contributed by atoms with van der Waals surface area (Å²) in [6.07, 6.45) is 0.452. The smallest absolute Gasteiger partial charge is 0.420 e. The van der Waals surface area contributed by atoms with E-state index in [2.05, 4.69) is 9.97 Å². The van der Waals surface area contributed by atoms with Crippen molar-refractivity contribution in [2.24, 2.45) is 0 Å². The summed E-state index contributed by atoms with van der Waals surface area (Å²) in [4.78, 5) is 45.6. The van der Waals surface area contributed by atoms with Crippen LogP contribution in [-0.2, 0) is 20.7 Å². The summed E-state index contributed by atoms with van der Waals surface area (Å²) in [5, 5.41) is 9.89. The van der Waals surface area contributed by atoms with Gasteiger partial charge in [-0.15, -0.1) is 0 Å². The fraction of sp³-hybridized carbons (Fsp3) is 0.308. The van der Waals surface area contributed by atoms with E-state index < -0.39 is 29.8 Å². The Kier molecular flexibility index (Phi) is 6.59. The second-order valence-corrected chi connectivity index (χ2v) is 9.29.